The van der Waals surface area contributed by atoms with Gasteiger partial charge in [0.1, 0.15) is 5.25 Å². The number of para-hydroxylation sites is 1. The summed E-state index contributed by atoms with van der Waals surface area (Å²) < 4.78 is 1.86. The van der Waals surface area contributed by atoms with Crippen molar-refractivity contribution in [2.45, 2.75) is 16.5 Å². The SMILES string of the molecule is CCNC(=O)NC(=O)[C@@H](Sc1nc2ccccc2s1)c1ccccc1. The third-order valence-corrected chi connectivity index (χ3v) is 5.79. The Morgan fingerprint density at radius 1 is 1.12 bits per heavy atom. The molecule has 3 amide bonds. The number of rotatable bonds is 5. The Bertz CT molecular complexity index is 847. The number of hydrogen-bond acceptors (Lipinski definition) is 5. The molecule has 0 spiro atoms. The Balaban J connectivity index is 1.85. The zero-order valence-electron chi connectivity index (χ0n) is 13.6. The zero-order valence-corrected chi connectivity index (χ0v) is 15.2. The minimum absolute atomic E-state index is 0.360. The van der Waals surface area contributed by atoms with Crippen molar-refractivity contribution in [3.63, 3.8) is 0 Å². The summed E-state index contributed by atoms with van der Waals surface area (Å²) >= 11 is 2.89. The van der Waals surface area contributed by atoms with E-state index in [2.05, 4.69) is 15.6 Å². The predicted molar refractivity (Wildman–Crippen MR) is 102 cm³/mol. The number of nitrogens with zero attached hydrogens (tertiary/aromatic N) is 1. The summed E-state index contributed by atoms with van der Waals surface area (Å²) in [6.45, 7) is 2.26. The molecule has 5 nitrogen and oxygen atoms in total. The number of urea groups is 1. The highest BCUT2D eigenvalue weighted by Gasteiger charge is 2.25. The molecule has 0 saturated heterocycles. The van der Waals surface area contributed by atoms with Crippen molar-refractivity contribution in [2.24, 2.45) is 0 Å². The van der Waals surface area contributed by atoms with Gasteiger partial charge in [0, 0.05) is 6.54 Å². The van der Waals surface area contributed by atoms with Crippen LogP contribution in [0.2, 0.25) is 0 Å². The summed E-state index contributed by atoms with van der Waals surface area (Å²) in [7, 11) is 0. The number of thiazole rings is 1. The molecule has 0 saturated carbocycles. The average molecular weight is 371 g/mol. The van der Waals surface area contributed by atoms with Gasteiger partial charge in [-0.25, -0.2) is 9.78 Å². The zero-order chi connectivity index (χ0) is 17.6. The lowest BCUT2D eigenvalue weighted by molar-refractivity contribution is -0.119. The van der Waals surface area contributed by atoms with Gasteiger partial charge in [0.15, 0.2) is 4.34 Å². The molecular weight excluding hydrogens is 354 g/mol. The molecule has 0 bridgehead atoms. The minimum atomic E-state index is -0.552. The Hall–Kier alpha value is -2.38. The highest BCUT2D eigenvalue weighted by atomic mass is 32.2. The summed E-state index contributed by atoms with van der Waals surface area (Å²) in [5.74, 6) is -0.360. The van der Waals surface area contributed by atoms with E-state index in [4.69, 9.17) is 0 Å². The number of carbonyl (C=O) groups excluding carboxylic acids is 2. The molecule has 0 aliphatic heterocycles. The van der Waals surface area contributed by atoms with Crippen molar-refractivity contribution in [3.05, 3.63) is 60.2 Å². The van der Waals surface area contributed by atoms with Gasteiger partial charge in [-0.3, -0.25) is 10.1 Å². The monoisotopic (exact) mass is 371 g/mol. The van der Waals surface area contributed by atoms with E-state index in [-0.39, 0.29) is 5.91 Å². The van der Waals surface area contributed by atoms with Crippen LogP contribution in [0.5, 0.6) is 0 Å². The number of carbonyl (C=O) groups is 2. The van der Waals surface area contributed by atoms with E-state index in [0.29, 0.717) is 6.54 Å². The van der Waals surface area contributed by atoms with E-state index in [1.165, 1.54) is 23.1 Å². The minimum Gasteiger partial charge on any atom is -0.338 e. The van der Waals surface area contributed by atoms with E-state index < -0.39 is 11.3 Å². The molecule has 1 heterocycles. The van der Waals surface area contributed by atoms with Gasteiger partial charge in [-0.2, -0.15) is 0 Å². The summed E-state index contributed by atoms with van der Waals surface area (Å²) in [6, 6.07) is 16.8. The normalized spacial score (nSPS) is 11.9. The van der Waals surface area contributed by atoms with Gasteiger partial charge in [-0.15, -0.1) is 11.3 Å². The van der Waals surface area contributed by atoms with Crippen LogP contribution < -0.4 is 10.6 Å². The molecule has 3 rings (SSSR count). The highest BCUT2D eigenvalue weighted by molar-refractivity contribution is 8.02. The van der Waals surface area contributed by atoms with E-state index in [1.54, 1.807) is 6.92 Å². The number of imide groups is 1. The number of benzene rings is 2. The first-order valence-corrected chi connectivity index (χ1v) is 9.53. The Labute approximate surface area is 153 Å². The van der Waals surface area contributed by atoms with E-state index >= 15 is 0 Å². The van der Waals surface area contributed by atoms with Gasteiger partial charge in [-0.05, 0) is 24.6 Å². The van der Waals surface area contributed by atoms with Gasteiger partial charge < -0.3 is 5.32 Å². The van der Waals surface area contributed by atoms with Crippen LogP contribution in [0.4, 0.5) is 4.79 Å². The van der Waals surface area contributed by atoms with Gasteiger partial charge in [0.2, 0.25) is 5.91 Å². The average Bonchev–Trinajstić information content (AvgIpc) is 3.03. The fraction of sp³-hybridized carbons (Fsp3) is 0.167. The Morgan fingerprint density at radius 3 is 2.56 bits per heavy atom. The van der Waals surface area contributed by atoms with Crippen molar-refractivity contribution in [1.29, 1.82) is 0 Å². The molecule has 0 aliphatic rings. The summed E-state index contributed by atoms with van der Waals surface area (Å²) in [5.41, 5.74) is 1.74. The molecule has 0 radical (unpaired) electrons. The molecule has 7 heteroatoms. The van der Waals surface area contributed by atoms with Crippen molar-refractivity contribution in [3.8, 4) is 0 Å². The van der Waals surface area contributed by atoms with Crippen molar-refractivity contribution in [2.75, 3.05) is 6.54 Å². The quantitative estimate of drug-likeness (QED) is 0.666. The van der Waals surface area contributed by atoms with Crippen LogP contribution in [-0.4, -0.2) is 23.5 Å². The maximum Gasteiger partial charge on any atom is 0.321 e. The third kappa shape index (κ3) is 4.37. The van der Waals surface area contributed by atoms with Gasteiger partial charge >= 0.3 is 6.03 Å². The first-order chi connectivity index (χ1) is 12.2. The Morgan fingerprint density at radius 2 is 1.84 bits per heavy atom. The van der Waals surface area contributed by atoms with E-state index in [9.17, 15) is 9.59 Å². The lowest BCUT2D eigenvalue weighted by Gasteiger charge is -2.15. The van der Waals surface area contributed by atoms with Crippen molar-refractivity contribution < 1.29 is 9.59 Å². The fourth-order valence-electron chi connectivity index (χ4n) is 2.29. The molecule has 25 heavy (non-hydrogen) atoms. The van der Waals surface area contributed by atoms with Crippen LogP contribution in [0.1, 0.15) is 17.7 Å². The molecule has 0 fully saturated rings. The summed E-state index contributed by atoms with van der Waals surface area (Å²) in [4.78, 5) is 28.9. The number of thioether (sulfide) groups is 1. The highest BCUT2D eigenvalue weighted by Crippen LogP contribution is 2.39. The molecular formula is C18H17N3O2S2. The summed E-state index contributed by atoms with van der Waals surface area (Å²) in [6.07, 6.45) is 0. The second-order valence-corrected chi connectivity index (χ2v) is 7.59. The van der Waals surface area contributed by atoms with Crippen LogP contribution in [0.25, 0.3) is 10.2 Å². The molecule has 128 valence electrons. The number of fused-ring (bicyclic) bond motifs is 1. The Kier molecular flexibility index (Phi) is 5.67. The molecule has 0 aliphatic carbocycles. The maximum atomic E-state index is 12.6. The first-order valence-electron chi connectivity index (χ1n) is 7.83. The smallest absolute Gasteiger partial charge is 0.321 e. The van der Waals surface area contributed by atoms with Gasteiger partial charge in [-0.1, -0.05) is 54.2 Å². The first kappa shape index (κ1) is 17.4. The lowest BCUT2D eigenvalue weighted by atomic mass is 10.1. The molecule has 0 unspecified atom stereocenters. The topological polar surface area (TPSA) is 71.1 Å². The lowest BCUT2D eigenvalue weighted by Crippen LogP contribution is -2.41. The van der Waals surface area contributed by atoms with Crippen LogP contribution in [-0.2, 0) is 4.79 Å². The maximum absolute atomic E-state index is 12.6. The number of aromatic nitrogens is 1. The van der Waals surface area contributed by atoms with E-state index in [0.717, 1.165) is 20.1 Å². The second kappa shape index (κ2) is 8.13. The third-order valence-electron chi connectivity index (χ3n) is 3.41. The van der Waals surface area contributed by atoms with Crippen molar-refractivity contribution >= 4 is 45.3 Å². The van der Waals surface area contributed by atoms with E-state index in [1.807, 2.05) is 54.6 Å². The van der Waals surface area contributed by atoms with Crippen LogP contribution in [0.15, 0.2) is 58.9 Å². The summed E-state index contributed by atoms with van der Waals surface area (Å²) in [5, 5.41) is 4.42. The number of amides is 3. The van der Waals surface area contributed by atoms with Crippen LogP contribution >= 0.6 is 23.1 Å². The van der Waals surface area contributed by atoms with Crippen molar-refractivity contribution in [1.82, 2.24) is 15.6 Å². The van der Waals surface area contributed by atoms with Crippen LogP contribution in [0, 0.1) is 0 Å². The molecule has 1 atom stereocenters. The standard InChI is InChI=1S/C18H17N3O2S2/c1-2-19-17(23)21-16(22)15(12-8-4-3-5-9-12)25-18-20-13-10-6-7-11-14(13)24-18/h3-11,15H,2H2,1H3,(H2,19,21,22,23)/t15-/m0/s1. The molecule has 3 aromatic rings. The second-order valence-electron chi connectivity index (χ2n) is 5.20. The largest absolute Gasteiger partial charge is 0.338 e. The van der Waals surface area contributed by atoms with Crippen LogP contribution in [0.3, 0.4) is 0 Å². The number of hydrogen-bond donors (Lipinski definition) is 2. The predicted octanol–water partition coefficient (Wildman–Crippen LogP) is 3.98. The molecule has 2 aromatic carbocycles. The van der Waals surface area contributed by atoms with Gasteiger partial charge in [0.05, 0.1) is 10.2 Å². The molecule has 1 aromatic heterocycles. The van der Waals surface area contributed by atoms with Gasteiger partial charge in [0.25, 0.3) is 0 Å². The number of nitrogens with one attached hydrogen (secondary N) is 2. The molecule has 2 N–H and O–H groups in total. The fourth-order valence-corrected chi connectivity index (χ4v) is 4.54.